The number of rotatable bonds is 5. The van der Waals surface area contributed by atoms with Crippen LogP contribution in [0.25, 0.3) is 0 Å². The minimum absolute atomic E-state index is 0.0513. The van der Waals surface area contributed by atoms with Gasteiger partial charge in [0, 0.05) is 43.0 Å². The van der Waals surface area contributed by atoms with Crippen molar-refractivity contribution in [2.24, 2.45) is 0 Å². The van der Waals surface area contributed by atoms with Crippen LogP contribution in [0, 0.1) is 5.82 Å². The fraction of sp³-hybridized carbons (Fsp3) is 0.474. The van der Waals surface area contributed by atoms with Gasteiger partial charge in [0.15, 0.2) is 0 Å². The maximum absolute atomic E-state index is 13.9. The van der Waals surface area contributed by atoms with E-state index in [4.69, 9.17) is 11.6 Å². The van der Waals surface area contributed by atoms with E-state index in [1.807, 2.05) is 12.4 Å². The molecular formula is C19H23ClFN3O. The molecule has 4 nitrogen and oxygen atoms in total. The molecule has 0 spiro atoms. The Morgan fingerprint density at radius 1 is 1.36 bits per heavy atom. The molecule has 1 amide bonds. The molecule has 0 aliphatic carbocycles. The molecule has 0 atom stereocenters. The van der Waals surface area contributed by atoms with E-state index in [1.165, 1.54) is 18.2 Å². The number of benzene rings is 1. The molecule has 2 aromatic rings. The van der Waals surface area contributed by atoms with Crippen LogP contribution in [-0.2, 0) is 6.54 Å². The van der Waals surface area contributed by atoms with Crippen LogP contribution in [0.2, 0.25) is 5.02 Å². The zero-order valence-corrected chi connectivity index (χ0v) is 15.2. The van der Waals surface area contributed by atoms with E-state index in [0.29, 0.717) is 24.0 Å². The Balaban J connectivity index is 1.65. The summed E-state index contributed by atoms with van der Waals surface area (Å²) in [7, 11) is 0. The summed E-state index contributed by atoms with van der Waals surface area (Å²) >= 11 is 5.90. The van der Waals surface area contributed by atoms with Crippen molar-refractivity contribution < 1.29 is 9.18 Å². The van der Waals surface area contributed by atoms with Crippen molar-refractivity contribution in [3.63, 3.8) is 0 Å². The molecule has 1 aromatic carbocycles. The van der Waals surface area contributed by atoms with Crippen LogP contribution < -0.4 is 0 Å². The number of aromatic nitrogens is 2. The lowest BCUT2D eigenvalue weighted by Crippen LogP contribution is -2.38. The van der Waals surface area contributed by atoms with Crippen LogP contribution in [0.1, 0.15) is 54.7 Å². The van der Waals surface area contributed by atoms with Crippen molar-refractivity contribution in [2.45, 2.75) is 45.1 Å². The highest BCUT2D eigenvalue weighted by Crippen LogP contribution is 2.28. The Morgan fingerprint density at radius 2 is 2.12 bits per heavy atom. The number of unbranched alkanes of at least 4 members (excludes halogenated alkanes) is 1. The number of amides is 1. The molecule has 0 saturated carbocycles. The lowest BCUT2D eigenvalue weighted by molar-refractivity contribution is 0.0705. The van der Waals surface area contributed by atoms with Crippen molar-refractivity contribution in [3.8, 4) is 0 Å². The van der Waals surface area contributed by atoms with Gasteiger partial charge in [-0.15, -0.1) is 0 Å². The van der Waals surface area contributed by atoms with Gasteiger partial charge < -0.3 is 9.47 Å². The summed E-state index contributed by atoms with van der Waals surface area (Å²) in [5.41, 5.74) is 0.0513. The van der Waals surface area contributed by atoms with Gasteiger partial charge in [-0.1, -0.05) is 24.9 Å². The number of nitrogens with zero attached hydrogens (tertiary/aromatic N) is 3. The number of likely N-dealkylation sites (tertiary alicyclic amines) is 1. The highest BCUT2D eigenvalue weighted by molar-refractivity contribution is 6.31. The fourth-order valence-electron chi connectivity index (χ4n) is 3.37. The van der Waals surface area contributed by atoms with Gasteiger partial charge in [-0.2, -0.15) is 0 Å². The Labute approximate surface area is 152 Å². The molecule has 1 fully saturated rings. The van der Waals surface area contributed by atoms with E-state index in [1.54, 1.807) is 4.90 Å². The molecule has 0 radical (unpaired) electrons. The van der Waals surface area contributed by atoms with E-state index in [0.717, 1.165) is 38.1 Å². The second kappa shape index (κ2) is 8.00. The molecule has 1 aliphatic heterocycles. The lowest BCUT2D eigenvalue weighted by atomic mass is 9.95. The van der Waals surface area contributed by atoms with Gasteiger partial charge in [0.1, 0.15) is 11.6 Å². The van der Waals surface area contributed by atoms with Gasteiger partial charge in [-0.25, -0.2) is 9.37 Å². The number of aryl methyl sites for hydroxylation is 1. The second-order valence-electron chi connectivity index (χ2n) is 6.52. The maximum atomic E-state index is 13.9. The first-order valence-electron chi connectivity index (χ1n) is 8.85. The number of imidazole rings is 1. The van der Waals surface area contributed by atoms with Gasteiger partial charge >= 0.3 is 0 Å². The predicted molar refractivity (Wildman–Crippen MR) is 96.4 cm³/mol. The van der Waals surface area contributed by atoms with E-state index in [-0.39, 0.29) is 11.5 Å². The number of halogens is 2. The van der Waals surface area contributed by atoms with E-state index in [9.17, 15) is 9.18 Å². The third-order valence-corrected chi connectivity index (χ3v) is 5.04. The van der Waals surface area contributed by atoms with Gasteiger partial charge in [-0.3, -0.25) is 4.79 Å². The van der Waals surface area contributed by atoms with Crippen molar-refractivity contribution in [1.29, 1.82) is 0 Å². The summed E-state index contributed by atoms with van der Waals surface area (Å²) in [5, 5.41) is 0.373. The first kappa shape index (κ1) is 17.9. The second-order valence-corrected chi connectivity index (χ2v) is 6.96. The number of carbonyl (C=O) groups is 1. The molecule has 134 valence electrons. The Kier molecular flexibility index (Phi) is 5.74. The van der Waals surface area contributed by atoms with Crippen LogP contribution >= 0.6 is 11.6 Å². The fourth-order valence-corrected chi connectivity index (χ4v) is 3.54. The number of hydrogen-bond donors (Lipinski definition) is 0. The molecule has 3 rings (SSSR count). The topological polar surface area (TPSA) is 38.1 Å². The summed E-state index contributed by atoms with van der Waals surface area (Å²) in [6, 6.07) is 4.10. The van der Waals surface area contributed by atoms with Crippen LogP contribution in [0.3, 0.4) is 0 Å². The average molecular weight is 364 g/mol. The SMILES string of the molecule is CCCCn1ccnc1C1CCN(C(=O)c2cc(Cl)ccc2F)CC1. The lowest BCUT2D eigenvalue weighted by Gasteiger charge is -2.32. The van der Waals surface area contributed by atoms with Crippen LogP contribution in [0.15, 0.2) is 30.6 Å². The third kappa shape index (κ3) is 4.03. The standard InChI is InChI=1S/C19H23ClFN3O/c1-2-3-9-23-12-8-22-18(23)14-6-10-24(11-7-14)19(25)16-13-15(20)4-5-17(16)21/h4-5,8,12-14H,2-3,6-7,9-11H2,1H3. The average Bonchev–Trinajstić information content (AvgIpc) is 3.10. The molecule has 0 N–H and O–H groups in total. The van der Waals surface area contributed by atoms with E-state index < -0.39 is 5.82 Å². The number of hydrogen-bond acceptors (Lipinski definition) is 2. The summed E-state index contributed by atoms with van der Waals surface area (Å²) in [6.07, 6.45) is 7.85. The van der Waals surface area contributed by atoms with Gasteiger partial charge in [0.25, 0.3) is 5.91 Å². The minimum Gasteiger partial charge on any atom is -0.339 e. The van der Waals surface area contributed by atoms with Gasteiger partial charge in [-0.05, 0) is 37.5 Å². The van der Waals surface area contributed by atoms with Crippen molar-refractivity contribution in [1.82, 2.24) is 14.5 Å². The summed E-state index contributed by atoms with van der Waals surface area (Å²) < 4.78 is 16.2. The molecular weight excluding hydrogens is 341 g/mol. The summed E-state index contributed by atoms with van der Waals surface area (Å²) in [6.45, 7) is 4.38. The monoisotopic (exact) mass is 363 g/mol. The molecule has 1 saturated heterocycles. The van der Waals surface area contributed by atoms with Crippen molar-refractivity contribution >= 4 is 17.5 Å². The normalized spacial score (nSPS) is 15.6. The predicted octanol–water partition coefficient (Wildman–Crippen LogP) is 4.50. The van der Waals surface area contributed by atoms with E-state index >= 15 is 0 Å². The van der Waals surface area contributed by atoms with Crippen molar-refractivity contribution in [2.75, 3.05) is 13.1 Å². The zero-order valence-electron chi connectivity index (χ0n) is 14.4. The first-order chi connectivity index (χ1) is 12.1. The molecule has 25 heavy (non-hydrogen) atoms. The van der Waals surface area contributed by atoms with Gasteiger partial charge in [0.2, 0.25) is 0 Å². The number of piperidine rings is 1. The van der Waals surface area contributed by atoms with Crippen LogP contribution in [0.5, 0.6) is 0 Å². The largest absolute Gasteiger partial charge is 0.339 e. The molecule has 2 heterocycles. The Hall–Kier alpha value is -1.88. The molecule has 6 heteroatoms. The zero-order chi connectivity index (χ0) is 17.8. The van der Waals surface area contributed by atoms with Gasteiger partial charge in [0.05, 0.1) is 5.56 Å². The third-order valence-electron chi connectivity index (χ3n) is 4.81. The minimum atomic E-state index is -0.522. The Morgan fingerprint density at radius 3 is 2.84 bits per heavy atom. The van der Waals surface area contributed by atoms with Crippen LogP contribution in [0.4, 0.5) is 4.39 Å². The Bertz CT molecular complexity index is 738. The molecule has 0 bridgehead atoms. The highest BCUT2D eigenvalue weighted by atomic mass is 35.5. The quantitative estimate of drug-likeness (QED) is 0.784. The summed E-state index contributed by atoms with van der Waals surface area (Å²) in [4.78, 5) is 18.8. The van der Waals surface area contributed by atoms with E-state index in [2.05, 4.69) is 16.5 Å². The first-order valence-corrected chi connectivity index (χ1v) is 9.23. The maximum Gasteiger partial charge on any atom is 0.256 e. The smallest absolute Gasteiger partial charge is 0.256 e. The number of carbonyl (C=O) groups excluding carboxylic acids is 1. The highest BCUT2D eigenvalue weighted by Gasteiger charge is 2.28. The molecule has 0 unspecified atom stereocenters. The van der Waals surface area contributed by atoms with Crippen LogP contribution in [-0.4, -0.2) is 33.4 Å². The van der Waals surface area contributed by atoms with Crippen molar-refractivity contribution in [3.05, 3.63) is 52.8 Å². The molecule has 1 aromatic heterocycles. The molecule has 1 aliphatic rings. The summed E-state index contributed by atoms with van der Waals surface area (Å²) in [5.74, 6) is 0.647.